The van der Waals surface area contributed by atoms with Crippen LogP contribution in [0.25, 0.3) is 0 Å². The molecule has 1 aliphatic heterocycles. The molecule has 4 nitrogen and oxygen atoms in total. The topological polar surface area (TPSA) is 50.4 Å². The van der Waals surface area contributed by atoms with Crippen molar-refractivity contribution in [3.05, 3.63) is 22.7 Å². The molecule has 2 rings (SSSR count). The first-order valence-electron chi connectivity index (χ1n) is 6.13. The van der Waals surface area contributed by atoms with Crippen molar-refractivity contribution in [3.63, 3.8) is 0 Å². The van der Waals surface area contributed by atoms with Gasteiger partial charge >= 0.3 is 0 Å². The van der Waals surface area contributed by atoms with Crippen LogP contribution < -0.4 is 15.4 Å². The van der Waals surface area contributed by atoms with E-state index in [0.29, 0.717) is 6.42 Å². The van der Waals surface area contributed by atoms with Crippen LogP contribution in [0.5, 0.6) is 5.75 Å². The summed E-state index contributed by atoms with van der Waals surface area (Å²) in [5, 5.41) is 6.26. The minimum absolute atomic E-state index is 0. The number of ether oxygens (including phenoxy) is 1. The summed E-state index contributed by atoms with van der Waals surface area (Å²) in [4.78, 5) is 11.9. The maximum atomic E-state index is 11.9. The van der Waals surface area contributed by atoms with Gasteiger partial charge in [0.2, 0.25) is 5.91 Å². The van der Waals surface area contributed by atoms with Crippen molar-refractivity contribution in [1.29, 1.82) is 0 Å². The van der Waals surface area contributed by atoms with Crippen molar-refractivity contribution in [2.24, 2.45) is 0 Å². The van der Waals surface area contributed by atoms with Crippen molar-refractivity contribution in [1.82, 2.24) is 5.32 Å². The van der Waals surface area contributed by atoms with Crippen LogP contribution in [0.2, 0.25) is 0 Å². The smallest absolute Gasteiger partial charge is 0.225 e. The number of carbonyl (C=O) groups is 1. The molecule has 1 aromatic carbocycles. The molecule has 0 aliphatic carbocycles. The number of hydrogen-bond acceptors (Lipinski definition) is 4. The summed E-state index contributed by atoms with van der Waals surface area (Å²) < 4.78 is 5.99. The molecule has 0 saturated carbocycles. The van der Waals surface area contributed by atoms with Crippen LogP contribution in [0.3, 0.4) is 0 Å². The minimum atomic E-state index is 0. The Bertz CT molecular complexity index is 456. The fraction of sp³-hybridized carbons (Fsp3) is 0.462. The molecule has 1 saturated heterocycles. The average molecular weight is 382 g/mol. The predicted molar refractivity (Wildman–Crippen MR) is 90.3 cm³/mol. The molecule has 0 bridgehead atoms. The van der Waals surface area contributed by atoms with Gasteiger partial charge in [0, 0.05) is 36.2 Å². The van der Waals surface area contributed by atoms with E-state index in [9.17, 15) is 4.79 Å². The van der Waals surface area contributed by atoms with Gasteiger partial charge in [-0.25, -0.2) is 0 Å². The van der Waals surface area contributed by atoms with E-state index in [1.165, 1.54) is 0 Å². The zero-order chi connectivity index (χ0) is 13.7. The zero-order valence-corrected chi connectivity index (χ0v) is 14.4. The van der Waals surface area contributed by atoms with Crippen LogP contribution in [0.15, 0.2) is 22.7 Å². The first-order chi connectivity index (χ1) is 9.19. The molecule has 1 atom stereocenters. The van der Waals surface area contributed by atoms with Gasteiger partial charge in [0.05, 0.1) is 11.6 Å². The van der Waals surface area contributed by atoms with E-state index in [0.717, 1.165) is 34.0 Å². The van der Waals surface area contributed by atoms with E-state index in [4.69, 9.17) is 4.74 Å². The van der Waals surface area contributed by atoms with Gasteiger partial charge in [-0.2, -0.15) is 11.8 Å². The number of carbonyl (C=O) groups excluding carboxylic acids is 1. The summed E-state index contributed by atoms with van der Waals surface area (Å²) >= 11 is 5.30. The van der Waals surface area contributed by atoms with Gasteiger partial charge in [-0.1, -0.05) is 0 Å². The Balaban J connectivity index is 0.00000200. The Kier molecular flexibility index (Phi) is 7.72. The second-order valence-electron chi connectivity index (χ2n) is 4.33. The first kappa shape index (κ1) is 17.6. The molecule has 1 unspecified atom stereocenters. The van der Waals surface area contributed by atoms with E-state index in [1.54, 1.807) is 7.11 Å². The molecule has 0 aromatic heterocycles. The van der Waals surface area contributed by atoms with Crippen molar-refractivity contribution >= 4 is 51.7 Å². The van der Waals surface area contributed by atoms with Crippen LogP contribution >= 0.6 is 40.1 Å². The van der Waals surface area contributed by atoms with E-state index >= 15 is 0 Å². The SMILES string of the molecule is COc1ccc(NC(=O)CC2CSCCN2)cc1Br.Cl. The number of hydrogen-bond donors (Lipinski definition) is 2. The molecule has 0 spiro atoms. The molecule has 1 amide bonds. The average Bonchev–Trinajstić information content (AvgIpc) is 2.40. The molecular formula is C13H18BrClN2O2S. The number of nitrogens with one attached hydrogen (secondary N) is 2. The highest BCUT2D eigenvalue weighted by Gasteiger charge is 2.16. The maximum absolute atomic E-state index is 11.9. The molecular weight excluding hydrogens is 364 g/mol. The lowest BCUT2D eigenvalue weighted by Gasteiger charge is -2.22. The molecule has 7 heteroatoms. The van der Waals surface area contributed by atoms with Gasteiger partial charge in [0.15, 0.2) is 0 Å². The lowest BCUT2D eigenvalue weighted by Crippen LogP contribution is -2.39. The Morgan fingerprint density at radius 3 is 3.00 bits per heavy atom. The number of methoxy groups -OCH3 is 1. The highest BCUT2D eigenvalue weighted by Crippen LogP contribution is 2.27. The van der Waals surface area contributed by atoms with Crippen LogP contribution in [0, 0.1) is 0 Å². The zero-order valence-electron chi connectivity index (χ0n) is 11.1. The summed E-state index contributed by atoms with van der Waals surface area (Å²) in [6.07, 6.45) is 0.511. The Hall–Kier alpha value is -0.430. The first-order valence-corrected chi connectivity index (χ1v) is 8.08. The summed E-state index contributed by atoms with van der Waals surface area (Å²) in [5.74, 6) is 2.92. The number of benzene rings is 1. The normalized spacial score (nSPS) is 18.0. The van der Waals surface area contributed by atoms with Crippen LogP contribution in [-0.4, -0.2) is 37.1 Å². The lowest BCUT2D eigenvalue weighted by molar-refractivity contribution is -0.116. The van der Waals surface area contributed by atoms with Gasteiger partial charge in [0.25, 0.3) is 0 Å². The van der Waals surface area contributed by atoms with Crippen molar-refractivity contribution in [2.45, 2.75) is 12.5 Å². The second kappa shape index (κ2) is 8.77. The van der Waals surface area contributed by atoms with Crippen molar-refractivity contribution in [2.75, 3.05) is 30.5 Å². The molecule has 1 fully saturated rings. The molecule has 1 aliphatic rings. The van der Waals surface area contributed by atoms with Crippen LogP contribution in [-0.2, 0) is 4.79 Å². The molecule has 1 aromatic rings. The molecule has 0 radical (unpaired) electrons. The van der Waals surface area contributed by atoms with Gasteiger partial charge in [-0.05, 0) is 34.1 Å². The molecule has 20 heavy (non-hydrogen) atoms. The summed E-state index contributed by atoms with van der Waals surface area (Å²) in [6, 6.07) is 5.79. The second-order valence-corrected chi connectivity index (χ2v) is 6.33. The fourth-order valence-corrected chi connectivity index (χ4v) is 3.42. The third-order valence-electron chi connectivity index (χ3n) is 2.87. The minimum Gasteiger partial charge on any atom is -0.496 e. The number of anilines is 1. The summed E-state index contributed by atoms with van der Waals surface area (Å²) in [5.41, 5.74) is 0.779. The van der Waals surface area contributed by atoms with E-state index in [1.807, 2.05) is 30.0 Å². The number of rotatable bonds is 4. The number of halogens is 2. The van der Waals surface area contributed by atoms with Crippen molar-refractivity contribution in [3.8, 4) is 5.75 Å². The van der Waals surface area contributed by atoms with Gasteiger partial charge in [-0.3, -0.25) is 4.79 Å². The molecule has 112 valence electrons. The molecule has 1 heterocycles. The summed E-state index contributed by atoms with van der Waals surface area (Å²) in [7, 11) is 1.62. The predicted octanol–water partition coefficient (Wildman–Crippen LogP) is 2.91. The largest absolute Gasteiger partial charge is 0.496 e. The Labute approximate surface area is 137 Å². The fourth-order valence-electron chi connectivity index (χ4n) is 1.93. The van der Waals surface area contributed by atoms with E-state index in [-0.39, 0.29) is 24.4 Å². The van der Waals surface area contributed by atoms with Gasteiger partial charge in [0.1, 0.15) is 5.75 Å². The van der Waals surface area contributed by atoms with Crippen LogP contribution in [0.4, 0.5) is 5.69 Å². The third-order valence-corrected chi connectivity index (χ3v) is 4.62. The highest BCUT2D eigenvalue weighted by atomic mass is 79.9. The van der Waals surface area contributed by atoms with Crippen LogP contribution in [0.1, 0.15) is 6.42 Å². The van der Waals surface area contributed by atoms with Crippen molar-refractivity contribution < 1.29 is 9.53 Å². The van der Waals surface area contributed by atoms with E-state index < -0.39 is 0 Å². The number of thioether (sulfide) groups is 1. The third kappa shape index (κ3) is 5.16. The standard InChI is InChI=1S/C13H17BrN2O2S.ClH/c1-18-12-3-2-9(6-11(12)14)16-13(17)7-10-8-19-5-4-15-10;/h2-3,6,10,15H,4-5,7-8H2,1H3,(H,16,17);1H. The van der Waals surface area contributed by atoms with Gasteiger partial charge < -0.3 is 15.4 Å². The lowest BCUT2D eigenvalue weighted by atomic mass is 10.2. The Morgan fingerprint density at radius 2 is 2.40 bits per heavy atom. The highest BCUT2D eigenvalue weighted by molar-refractivity contribution is 9.10. The summed E-state index contributed by atoms with van der Waals surface area (Å²) in [6.45, 7) is 0.983. The molecule has 2 N–H and O–H groups in total. The maximum Gasteiger partial charge on any atom is 0.225 e. The quantitative estimate of drug-likeness (QED) is 0.842. The van der Waals surface area contributed by atoms with E-state index in [2.05, 4.69) is 26.6 Å². The monoisotopic (exact) mass is 380 g/mol. The number of amides is 1. The Morgan fingerprint density at radius 1 is 1.60 bits per heavy atom. The van der Waals surface area contributed by atoms with Gasteiger partial charge in [-0.15, -0.1) is 12.4 Å².